The first kappa shape index (κ1) is 17.0. The molecule has 24 heavy (non-hydrogen) atoms. The van der Waals surface area contributed by atoms with Crippen molar-refractivity contribution in [2.75, 3.05) is 18.4 Å². The Morgan fingerprint density at radius 1 is 1.25 bits per heavy atom. The molecule has 3 heterocycles. The summed E-state index contributed by atoms with van der Waals surface area (Å²) in [7, 11) is 0. The largest absolute Gasteiger partial charge is 0.440 e. The van der Waals surface area contributed by atoms with Crippen LogP contribution in [0.5, 0.6) is 0 Å². The van der Waals surface area contributed by atoms with Gasteiger partial charge in [0.25, 0.3) is 5.91 Å². The van der Waals surface area contributed by atoms with Crippen molar-refractivity contribution in [1.29, 1.82) is 0 Å². The van der Waals surface area contributed by atoms with E-state index in [1.807, 2.05) is 6.07 Å². The molecular weight excluding hydrogens is 398 g/mol. The number of likely N-dealkylation sites (tertiary alicyclic amines) is 1. The van der Waals surface area contributed by atoms with E-state index in [1.54, 1.807) is 29.3 Å². The number of nitrogens with zero attached hydrogens (tertiary/aromatic N) is 2. The lowest BCUT2D eigenvalue weighted by Crippen LogP contribution is -2.41. The molecular formula is C16H15BrClN3O3. The number of piperidine rings is 1. The molecule has 2 aromatic rings. The summed E-state index contributed by atoms with van der Waals surface area (Å²) in [6, 6.07) is 6.66. The van der Waals surface area contributed by atoms with Gasteiger partial charge in [0.2, 0.25) is 5.91 Å². The molecule has 0 bridgehead atoms. The summed E-state index contributed by atoms with van der Waals surface area (Å²) in [6.45, 7) is 1.01. The molecule has 1 saturated heterocycles. The summed E-state index contributed by atoms with van der Waals surface area (Å²) in [5, 5.41) is 3.00. The Morgan fingerprint density at radius 3 is 2.58 bits per heavy atom. The van der Waals surface area contributed by atoms with Gasteiger partial charge in [-0.25, -0.2) is 4.98 Å². The van der Waals surface area contributed by atoms with E-state index in [1.165, 1.54) is 0 Å². The lowest BCUT2D eigenvalue weighted by Gasteiger charge is -2.30. The van der Waals surface area contributed by atoms with E-state index in [0.29, 0.717) is 31.7 Å². The minimum absolute atomic E-state index is 0.0713. The van der Waals surface area contributed by atoms with Gasteiger partial charge in [0.15, 0.2) is 11.0 Å². The van der Waals surface area contributed by atoms with E-state index in [4.69, 9.17) is 16.0 Å². The third-order valence-corrected chi connectivity index (χ3v) is 4.59. The average Bonchev–Trinajstić information content (AvgIpc) is 3.03. The van der Waals surface area contributed by atoms with Gasteiger partial charge in [-0.05, 0) is 64.6 Å². The van der Waals surface area contributed by atoms with Crippen LogP contribution in [-0.2, 0) is 4.79 Å². The minimum Gasteiger partial charge on any atom is -0.440 e. The van der Waals surface area contributed by atoms with Gasteiger partial charge in [-0.1, -0.05) is 0 Å². The van der Waals surface area contributed by atoms with Crippen LogP contribution >= 0.6 is 27.5 Å². The molecule has 0 radical (unpaired) electrons. The second-order valence-corrected chi connectivity index (χ2v) is 6.81. The van der Waals surface area contributed by atoms with Crippen LogP contribution in [0, 0.1) is 5.92 Å². The van der Waals surface area contributed by atoms with E-state index in [0.717, 1.165) is 4.47 Å². The highest BCUT2D eigenvalue weighted by atomic mass is 79.9. The maximum atomic E-state index is 12.3. The van der Waals surface area contributed by atoms with Gasteiger partial charge >= 0.3 is 0 Å². The predicted octanol–water partition coefficient (Wildman–Crippen LogP) is 3.58. The summed E-state index contributed by atoms with van der Waals surface area (Å²) in [5.41, 5.74) is 0. The SMILES string of the molecule is O=C(Nc1ccc(Br)cn1)C1CCN(C(=O)c2ccc(Cl)o2)CC1. The number of nitrogens with one attached hydrogen (secondary N) is 1. The second-order valence-electron chi connectivity index (χ2n) is 5.52. The van der Waals surface area contributed by atoms with E-state index < -0.39 is 0 Å². The Labute approximate surface area is 152 Å². The third kappa shape index (κ3) is 3.96. The average molecular weight is 413 g/mol. The Bertz CT molecular complexity index is 739. The van der Waals surface area contributed by atoms with Crippen molar-refractivity contribution in [3.63, 3.8) is 0 Å². The lowest BCUT2D eigenvalue weighted by atomic mass is 9.95. The maximum Gasteiger partial charge on any atom is 0.289 e. The van der Waals surface area contributed by atoms with E-state index >= 15 is 0 Å². The number of rotatable bonds is 3. The number of hydrogen-bond donors (Lipinski definition) is 1. The van der Waals surface area contributed by atoms with Crippen LogP contribution in [0.2, 0.25) is 5.22 Å². The Balaban J connectivity index is 1.53. The Morgan fingerprint density at radius 2 is 2.00 bits per heavy atom. The first-order valence-electron chi connectivity index (χ1n) is 7.50. The number of carbonyl (C=O) groups is 2. The summed E-state index contributed by atoms with van der Waals surface area (Å²) in [5.74, 6) is 0.335. The summed E-state index contributed by atoms with van der Waals surface area (Å²) in [6.07, 6.45) is 2.83. The zero-order valence-corrected chi connectivity index (χ0v) is 15.0. The fraction of sp³-hybridized carbons (Fsp3) is 0.312. The molecule has 0 atom stereocenters. The van der Waals surface area contributed by atoms with E-state index in [-0.39, 0.29) is 28.7 Å². The quantitative estimate of drug-likeness (QED) is 0.836. The van der Waals surface area contributed by atoms with Crippen LogP contribution in [0.3, 0.4) is 0 Å². The van der Waals surface area contributed by atoms with Crippen LogP contribution in [0.25, 0.3) is 0 Å². The van der Waals surface area contributed by atoms with Crippen LogP contribution < -0.4 is 5.32 Å². The van der Waals surface area contributed by atoms with Crippen molar-refractivity contribution in [2.45, 2.75) is 12.8 Å². The fourth-order valence-electron chi connectivity index (χ4n) is 2.61. The summed E-state index contributed by atoms with van der Waals surface area (Å²) < 4.78 is 6.00. The van der Waals surface area contributed by atoms with Gasteiger partial charge < -0.3 is 14.6 Å². The number of aromatic nitrogens is 1. The number of pyridine rings is 1. The van der Waals surface area contributed by atoms with Gasteiger partial charge in [-0.15, -0.1) is 0 Å². The number of amides is 2. The van der Waals surface area contributed by atoms with E-state index in [9.17, 15) is 9.59 Å². The minimum atomic E-state index is -0.199. The van der Waals surface area contributed by atoms with Gasteiger partial charge in [0, 0.05) is 29.7 Å². The number of anilines is 1. The van der Waals surface area contributed by atoms with Crippen molar-refractivity contribution in [1.82, 2.24) is 9.88 Å². The second kappa shape index (κ2) is 7.36. The number of furan rings is 1. The first-order valence-corrected chi connectivity index (χ1v) is 8.67. The highest BCUT2D eigenvalue weighted by Gasteiger charge is 2.29. The summed E-state index contributed by atoms with van der Waals surface area (Å²) >= 11 is 9.00. The molecule has 0 saturated carbocycles. The smallest absolute Gasteiger partial charge is 0.289 e. The lowest BCUT2D eigenvalue weighted by molar-refractivity contribution is -0.121. The van der Waals surface area contributed by atoms with E-state index in [2.05, 4.69) is 26.2 Å². The van der Waals surface area contributed by atoms with Gasteiger partial charge in [0.05, 0.1) is 0 Å². The molecule has 1 aliphatic heterocycles. The number of halogens is 2. The van der Waals surface area contributed by atoms with Gasteiger partial charge in [-0.3, -0.25) is 9.59 Å². The monoisotopic (exact) mass is 411 g/mol. The Kier molecular flexibility index (Phi) is 5.20. The molecule has 1 N–H and O–H groups in total. The zero-order chi connectivity index (χ0) is 17.1. The third-order valence-electron chi connectivity index (χ3n) is 3.92. The molecule has 0 aliphatic carbocycles. The predicted molar refractivity (Wildman–Crippen MR) is 92.9 cm³/mol. The fourth-order valence-corrected chi connectivity index (χ4v) is 2.99. The van der Waals surface area contributed by atoms with Gasteiger partial charge in [-0.2, -0.15) is 0 Å². The molecule has 126 valence electrons. The molecule has 2 amide bonds. The molecule has 0 unspecified atom stereocenters. The van der Waals surface area contributed by atoms with Crippen molar-refractivity contribution < 1.29 is 14.0 Å². The van der Waals surface area contributed by atoms with Crippen LogP contribution in [0.4, 0.5) is 5.82 Å². The maximum absolute atomic E-state index is 12.3. The molecule has 8 heteroatoms. The molecule has 0 aromatic carbocycles. The summed E-state index contributed by atoms with van der Waals surface area (Å²) in [4.78, 5) is 30.4. The zero-order valence-electron chi connectivity index (χ0n) is 12.7. The Hall–Kier alpha value is -1.86. The molecule has 0 spiro atoms. The molecule has 3 rings (SSSR count). The van der Waals surface area contributed by atoms with Crippen molar-refractivity contribution in [3.05, 3.63) is 45.9 Å². The van der Waals surface area contributed by atoms with Crippen molar-refractivity contribution in [2.24, 2.45) is 5.92 Å². The van der Waals surface area contributed by atoms with Crippen LogP contribution in [0.15, 0.2) is 39.4 Å². The van der Waals surface area contributed by atoms with Crippen molar-refractivity contribution in [3.8, 4) is 0 Å². The normalized spacial score (nSPS) is 15.3. The topological polar surface area (TPSA) is 75.4 Å². The first-order chi connectivity index (χ1) is 11.5. The van der Waals surface area contributed by atoms with Crippen LogP contribution in [0.1, 0.15) is 23.4 Å². The van der Waals surface area contributed by atoms with Crippen molar-refractivity contribution >= 4 is 45.2 Å². The molecule has 1 fully saturated rings. The standard InChI is InChI=1S/C16H15BrClN3O3/c17-11-1-4-14(19-9-11)20-15(22)10-5-7-21(8-6-10)16(23)12-2-3-13(18)24-12/h1-4,9-10H,5-8H2,(H,19,20,22). The van der Waals surface area contributed by atoms with Crippen LogP contribution in [-0.4, -0.2) is 34.8 Å². The van der Waals surface area contributed by atoms with Gasteiger partial charge in [0.1, 0.15) is 5.82 Å². The number of hydrogen-bond acceptors (Lipinski definition) is 4. The molecule has 6 nitrogen and oxygen atoms in total. The number of carbonyl (C=O) groups excluding carboxylic acids is 2. The molecule has 2 aromatic heterocycles. The molecule has 1 aliphatic rings. The highest BCUT2D eigenvalue weighted by molar-refractivity contribution is 9.10. The highest BCUT2D eigenvalue weighted by Crippen LogP contribution is 2.22.